The Hall–Kier alpha value is -4.03. The monoisotopic (exact) mass is 421 g/mol. The van der Waals surface area contributed by atoms with Crippen LogP contribution in [0.5, 0.6) is 0 Å². The van der Waals surface area contributed by atoms with Gasteiger partial charge in [0.05, 0.1) is 23.9 Å². The van der Waals surface area contributed by atoms with Gasteiger partial charge in [-0.1, -0.05) is 13.8 Å². The second-order valence-corrected chi connectivity index (χ2v) is 6.63. The lowest BCUT2D eigenvalue weighted by Gasteiger charge is -2.17. The van der Waals surface area contributed by atoms with E-state index >= 15 is 0 Å². The first-order valence-electron chi connectivity index (χ1n) is 8.62. The molecular formula is C17H20FN7O5. The third-order valence-corrected chi connectivity index (χ3v) is 3.96. The number of halogens is 1. The SMILES string of the molecule is CC(C)C(NC(=O)c1ncc(NC(=O)Cc2c(N)nc(N)[nH]c2=O)cc1F)C(=O)O. The first-order valence-corrected chi connectivity index (χ1v) is 8.62. The summed E-state index contributed by atoms with van der Waals surface area (Å²) in [5.74, 6) is -4.95. The van der Waals surface area contributed by atoms with E-state index in [4.69, 9.17) is 16.6 Å². The van der Waals surface area contributed by atoms with Crippen LogP contribution in [0, 0.1) is 11.7 Å². The molecule has 13 heteroatoms. The molecule has 2 amide bonds. The highest BCUT2D eigenvalue weighted by atomic mass is 19.1. The fraction of sp³-hybridized carbons (Fsp3) is 0.294. The van der Waals surface area contributed by atoms with Crippen molar-refractivity contribution in [1.29, 1.82) is 0 Å². The molecule has 0 saturated heterocycles. The number of hydrogen-bond acceptors (Lipinski definition) is 8. The summed E-state index contributed by atoms with van der Waals surface area (Å²) in [5.41, 5.74) is 9.37. The largest absolute Gasteiger partial charge is 0.480 e. The lowest BCUT2D eigenvalue weighted by molar-refractivity contribution is -0.140. The Morgan fingerprint density at radius 3 is 2.50 bits per heavy atom. The number of pyridine rings is 1. The van der Waals surface area contributed by atoms with E-state index in [0.717, 1.165) is 12.3 Å². The van der Waals surface area contributed by atoms with Crippen molar-refractivity contribution in [2.45, 2.75) is 26.3 Å². The van der Waals surface area contributed by atoms with Gasteiger partial charge in [0, 0.05) is 6.07 Å². The maximum Gasteiger partial charge on any atom is 0.326 e. The van der Waals surface area contributed by atoms with Gasteiger partial charge in [-0.05, 0) is 5.92 Å². The molecule has 0 bridgehead atoms. The van der Waals surface area contributed by atoms with Crippen molar-refractivity contribution in [2.24, 2.45) is 5.92 Å². The average Bonchev–Trinajstić information content (AvgIpc) is 2.62. The molecule has 0 spiro atoms. The van der Waals surface area contributed by atoms with E-state index in [1.54, 1.807) is 13.8 Å². The van der Waals surface area contributed by atoms with Gasteiger partial charge in [-0.3, -0.25) is 19.4 Å². The number of H-pyrrole nitrogens is 1. The fourth-order valence-corrected chi connectivity index (χ4v) is 2.47. The van der Waals surface area contributed by atoms with Crippen molar-refractivity contribution in [3.8, 4) is 0 Å². The molecule has 0 aliphatic carbocycles. The van der Waals surface area contributed by atoms with Crippen LogP contribution in [-0.4, -0.2) is 43.9 Å². The van der Waals surface area contributed by atoms with Gasteiger partial charge in [0.15, 0.2) is 11.5 Å². The summed E-state index contributed by atoms with van der Waals surface area (Å²) in [5, 5.41) is 13.6. The quantitative estimate of drug-likeness (QED) is 0.340. The summed E-state index contributed by atoms with van der Waals surface area (Å²) >= 11 is 0. The van der Waals surface area contributed by atoms with Gasteiger partial charge in [-0.25, -0.2) is 14.2 Å². The molecule has 2 rings (SSSR count). The van der Waals surface area contributed by atoms with Gasteiger partial charge in [0.25, 0.3) is 11.5 Å². The molecular weight excluding hydrogens is 401 g/mol. The van der Waals surface area contributed by atoms with Crippen molar-refractivity contribution in [3.05, 3.63) is 39.7 Å². The van der Waals surface area contributed by atoms with E-state index in [1.165, 1.54) is 0 Å². The number of carboxylic acid groups (broad SMARTS) is 1. The summed E-state index contributed by atoms with van der Waals surface area (Å²) in [4.78, 5) is 56.7. The number of carbonyl (C=O) groups is 3. The normalized spacial score (nSPS) is 11.7. The first kappa shape index (κ1) is 22.3. The van der Waals surface area contributed by atoms with Crippen LogP contribution in [-0.2, 0) is 16.0 Å². The van der Waals surface area contributed by atoms with Crippen molar-refractivity contribution < 1.29 is 23.9 Å². The number of carbonyl (C=O) groups excluding carboxylic acids is 2. The van der Waals surface area contributed by atoms with Crippen molar-refractivity contribution >= 4 is 35.2 Å². The van der Waals surface area contributed by atoms with Crippen LogP contribution >= 0.6 is 0 Å². The van der Waals surface area contributed by atoms with E-state index < -0.39 is 53.2 Å². The van der Waals surface area contributed by atoms with E-state index in [-0.39, 0.29) is 23.0 Å². The van der Waals surface area contributed by atoms with Gasteiger partial charge < -0.3 is 27.2 Å². The molecule has 12 nitrogen and oxygen atoms in total. The van der Waals surface area contributed by atoms with E-state index in [2.05, 4.69) is 25.6 Å². The fourth-order valence-electron chi connectivity index (χ4n) is 2.47. The number of nitrogens with one attached hydrogen (secondary N) is 3. The molecule has 2 aromatic rings. The maximum atomic E-state index is 14.3. The number of hydrogen-bond donors (Lipinski definition) is 6. The third-order valence-electron chi connectivity index (χ3n) is 3.96. The van der Waals surface area contributed by atoms with Crippen molar-refractivity contribution in [1.82, 2.24) is 20.3 Å². The molecule has 0 fully saturated rings. The van der Waals surface area contributed by atoms with Crippen LogP contribution in [0.25, 0.3) is 0 Å². The molecule has 0 aromatic carbocycles. The van der Waals surface area contributed by atoms with E-state index in [0.29, 0.717) is 0 Å². The predicted octanol–water partition coefficient (Wildman–Crippen LogP) is -0.511. The molecule has 160 valence electrons. The number of carboxylic acids is 1. The van der Waals surface area contributed by atoms with Crippen LogP contribution in [0.2, 0.25) is 0 Å². The Morgan fingerprint density at radius 1 is 1.30 bits per heavy atom. The minimum absolute atomic E-state index is 0.0916. The van der Waals surface area contributed by atoms with Gasteiger partial charge in [0.2, 0.25) is 11.9 Å². The number of nitrogens with zero attached hydrogens (tertiary/aromatic N) is 2. The Kier molecular flexibility index (Phi) is 6.66. The lowest BCUT2D eigenvalue weighted by atomic mass is 10.0. The third kappa shape index (κ3) is 5.27. The second kappa shape index (κ2) is 8.98. The van der Waals surface area contributed by atoms with Crippen LogP contribution in [0.1, 0.15) is 29.9 Å². The molecule has 0 radical (unpaired) electrons. The lowest BCUT2D eigenvalue weighted by Crippen LogP contribution is -2.44. The molecule has 1 unspecified atom stereocenters. The summed E-state index contributed by atoms with van der Waals surface area (Å²) in [7, 11) is 0. The second-order valence-electron chi connectivity index (χ2n) is 6.63. The van der Waals surface area contributed by atoms with Gasteiger partial charge in [0.1, 0.15) is 11.9 Å². The first-order chi connectivity index (χ1) is 14.0. The zero-order valence-corrected chi connectivity index (χ0v) is 16.0. The Morgan fingerprint density at radius 2 is 1.97 bits per heavy atom. The molecule has 2 aromatic heterocycles. The molecule has 0 aliphatic rings. The highest BCUT2D eigenvalue weighted by molar-refractivity contribution is 5.96. The molecule has 0 saturated carbocycles. The Labute approximate surface area is 168 Å². The minimum atomic E-state index is -1.27. The standard InChI is InChI=1S/C17H20FN7O5/c1-6(2)11(16(29)30)23-15(28)12-9(18)3-7(5-21-12)22-10(26)4-8-13(19)24-17(20)25-14(8)27/h3,5-6,11H,4H2,1-2H3,(H,22,26)(H,23,28)(H,29,30)(H5,19,20,24,25,27). The van der Waals surface area contributed by atoms with Crippen LogP contribution in [0.15, 0.2) is 17.1 Å². The zero-order chi connectivity index (χ0) is 22.6. The summed E-state index contributed by atoms with van der Waals surface area (Å²) in [6.45, 7) is 3.16. The van der Waals surface area contributed by atoms with Gasteiger partial charge in [-0.15, -0.1) is 0 Å². The van der Waals surface area contributed by atoms with Crippen molar-refractivity contribution in [2.75, 3.05) is 16.8 Å². The highest BCUT2D eigenvalue weighted by Crippen LogP contribution is 2.14. The molecule has 1 atom stereocenters. The Bertz CT molecular complexity index is 1050. The van der Waals surface area contributed by atoms with Crippen LogP contribution in [0.3, 0.4) is 0 Å². The number of aromatic amines is 1. The summed E-state index contributed by atoms with van der Waals surface area (Å²) in [6.07, 6.45) is 0.544. The topological polar surface area (TPSA) is 206 Å². The Balaban J connectivity index is 2.12. The number of nitrogen functional groups attached to an aromatic ring is 2. The van der Waals surface area contributed by atoms with Crippen molar-refractivity contribution in [3.63, 3.8) is 0 Å². The number of aliphatic carboxylic acids is 1. The molecule has 30 heavy (non-hydrogen) atoms. The number of amides is 2. The smallest absolute Gasteiger partial charge is 0.326 e. The van der Waals surface area contributed by atoms with Gasteiger partial charge >= 0.3 is 5.97 Å². The number of aromatic nitrogens is 3. The number of anilines is 3. The molecule has 0 aliphatic heterocycles. The number of rotatable bonds is 7. The maximum absolute atomic E-state index is 14.3. The van der Waals surface area contributed by atoms with E-state index in [9.17, 15) is 23.6 Å². The number of nitrogens with two attached hydrogens (primary N) is 2. The van der Waals surface area contributed by atoms with Gasteiger partial charge in [-0.2, -0.15) is 4.98 Å². The van der Waals surface area contributed by atoms with E-state index in [1.807, 2.05) is 0 Å². The molecule has 2 heterocycles. The summed E-state index contributed by atoms with van der Waals surface area (Å²) < 4.78 is 14.3. The zero-order valence-electron chi connectivity index (χ0n) is 16.0. The van der Waals surface area contributed by atoms with Crippen LogP contribution < -0.4 is 27.7 Å². The predicted molar refractivity (Wildman–Crippen MR) is 104 cm³/mol. The average molecular weight is 421 g/mol. The summed E-state index contributed by atoms with van der Waals surface area (Å²) in [6, 6.07) is -0.394. The van der Waals surface area contributed by atoms with Crippen LogP contribution in [0.4, 0.5) is 21.8 Å². The minimum Gasteiger partial charge on any atom is -0.480 e. The highest BCUT2D eigenvalue weighted by Gasteiger charge is 2.26. The molecule has 8 N–H and O–H groups in total.